The molecule has 6 heteroatoms. The van der Waals surface area contributed by atoms with E-state index in [-0.39, 0.29) is 11.4 Å². The number of hydrogen-bond acceptors (Lipinski definition) is 4. The van der Waals surface area contributed by atoms with E-state index in [9.17, 15) is 4.79 Å². The number of hydrogen-bond donors (Lipinski definition) is 1. The Bertz CT molecular complexity index is 809. The summed E-state index contributed by atoms with van der Waals surface area (Å²) in [6.07, 6.45) is 8.80. The van der Waals surface area contributed by atoms with Crippen LogP contribution in [0, 0.1) is 12.3 Å². The maximum atomic E-state index is 12.3. The van der Waals surface area contributed by atoms with Crippen molar-refractivity contribution in [3.05, 3.63) is 35.0 Å². The highest BCUT2D eigenvalue weighted by atomic mass is 35.5. The van der Waals surface area contributed by atoms with Gasteiger partial charge in [-0.15, -0.1) is 18.2 Å². The third kappa shape index (κ3) is 4.34. The maximum Gasteiger partial charge on any atom is 0.272 e. The lowest BCUT2D eigenvalue weighted by molar-refractivity contribution is -0.125. The Morgan fingerprint density at radius 3 is 2.75 bits per heavy atom. The van der Waals surface area contributed by atoms with Gasteiger partial charge in [-0.2, -0.15) is 0 Å². The molecule has 1 unspecified atom stereocenters. The van der Waals surface area contributed by atoms with Crippen molar-refractivity contribution in [2.24, 2.45) is 0 Å². The van der Waals surface area contributed by atoms with Crippen molar-refractivity contribution in [3.63, 3.8) is 0 Å². The van der Waals surface area contributed by atoms with Gasteiger partial charge in [0.05, 0.1) is 16.1 Å². The number of rotatable bonds is 4. The number of ether oxygens (including phenoxy) is 1. The minimum absolute atomic E-state index is 0.184. The highest BCUT2D eigenvalue weighted by molar-refractivity contribution is 7.99. The zero-order valence-corrected chi connectivity index (χ0v) is 15.6. The van der Waals surface area contributed by atoms with Gasteiger partial charge in [0.25, 0.3) is 5.91 Å². The Hall–Kier alpha value is -1.90. The van der Waals surface area contributed by atoms with Crippen molar-refractivity contribution >= 4 is 40.2 Å². The quantitative estimate of drug-likeness (QED) is 0.663. The number of fused-ring (bicyclic) bond motifs is 1. The van der Waals surface area contributed by atoms with Crippen molar-refractivity contribution in [2.45, 2.75) is 31.7 Å². The predicted octanol–water partition coefficient (Wildman–Crippen LogP) is 3.85. The van der Waals surface area contributed by atoms with Crippen LogP contribution in [-0.4, -0.2) is 28.1 Å². The average Bonchev–Trinajstić information content (AvgIpc) is 2.51. The van der Waals surface area contributed by atoms with Crippen LogP contribution in [0.5, 0.6) is 5.75 Å². The van der Waals surface area contributed by atoms with Gasteiger partial charge < -0.3 is 10.1 Å². The number of thioether (sulfide) groups is 1. The van der Waals surface area contributed by atoms with E-state index in [1.807, 2.05) is 27.0 Å². The van der Waals surface area contributed by atoms with Gasteiger partial charge in [0, 0.05) is 17.1 Å². The maximum absolute atomic E-state index is 12.3. The molecule has 0 aliphatic rings. The van der Waals surface area contributed by atoms with Gasteiger partial charge in [-0.3, -0.25) is 9.78 Å². The molecule has 126 valence electrons. The zero-order valence-electron chi connectivity index (χ0n) is 14.0. The molecule has 1 aromatic heterocycles. The van der Waals surface area contributed by atoms with Crippen LogP contribution in [0.3, 0.4) is 0 Å². The molecule has 1 aromatic carbocycles. The molecule has 1 amide bonds. The minimum atomic E-state index is -0.663. The molecule has 0 radical (unpaired) electrons. The van der Waals surface area contributed by atoms with E-state index in [0.717, 1.165) is 0 Å². The number of halogens is 1. The number of amides is 1. The summed E-state index contributed by atoms with van der Waals surface area (Å²) in [7, 11) is 0. The standard InChI is InChI=1S/C18H19ClN2O2S/c1-6-11-10-20-14-8-7-12(9-13(14)15(11)19)23-17(24-5)16(22)21-18(2,3)4/h1,7-10,17H,2-5H3,(H,21,22). The van der Waals surface area contributed by atoms with E-state index in [1.54, 1.807) is 24.4 Å². The second kappa shape index (κ2) is 7.33. The van der Waals surface area contributed by atoms with Gasteiger partial charge >= 0.3 is 0 Å². The van der Waals surface area contributed by atoms with Gasteiger partial charge in [0.2, 0.25) is 5.44 Å². The number of nitrogens with zero attached hydrogens (tertiary/aromatic N) is 1. The Balaban J connectivity index is 2.30. The van der Waals surface area contributed by atoms with Crippen LogP contribution in [0.25, 0.3) is 10.9 Å². The first-order chi connectivity index (χ1) is 11.2. The lowest BCUT2D eigenvalue weighted by Gasteiger charge is -2.24. The van der Waals surface area contributed by atoms with Crippen LogP contribution in [0.1, 0.15) is 26.3 Å². The molecule has 0 saturated carbocycles. The minimum Gasteiger partial charge on any atom is -0.470 e. The van der Waals surface area contributed by atoms with Crippen LogP contribution in [0.15, 0.2) is 24.4 Å². The van der Waals surface area contributed by atoms with Crippen LogP contribution < -0.4 is 10.1 Å². The van der Waals surface area contributed by atoms with Gasteiger partial charge in [-0.1, -0.05) is 17.5 Å². The van der Waals surface area contributed by atoms with Gasteiger partial charge in [0.1, 0.15) is 5.75 Å². The fourth-order valence-electron chi connectivity index (χ4n) is 2.07. The van der Waals surface area contributed by atoms with Crippen LogP contribution in [0.2, 0.25) is 5.02 Å². The number of aromatic nitrogens is 1. The third-order valence-electron chi connectivity index (χ3n) is 3.10. The van der Waals surface area contributed by atoms with E-state index in [0.29, 0.717) is 27.2 Å². The lowest BCUT2D eigenvalue weighted by Crippen LogP contribution is -2.46. The molecule has 0 fully saturated rings. The predicted molar refractivity (Wildman–Crippen MR) is 101 cm³/mol. The van der Waals surface area contributed by atoms with Crippen molar-refractivity contribution in [2.75, 3.05) is 6.26 Å². The molecule has 1 atom stereocenters. The monoisotopic (exact) mass is 362 g/mol. The second-order valence-corrected chi connectivity index (χ2v) is 7.51. The van der Waals surface area contributed by atoms with Crippen LogP contribution in [0.4, 0.5) is 0 Å². The summed E-state index contributed by atoms with van der Waals surface area (Å²) in [5, 5.41) is 4.05. The molecule has 1 N–H and O–H groups in total. The third-order valence-corrected chi connectivity index (χ3v) is 4.24. The van der Waals surface area contributed by atoms with E-state index >= 15 is 0 Å². The molecule has 0 aliphatic carbocycles. The number of benzene rings is 1. The molecule has 24 heavy (non-hydrogen) atoms. The summed E-state index contributed by atoms with van der Waals surface area (Å²) >= 11 is 7.63. The molecule has 2 rings (SSSR count). The van der Waals surface area contributed by atoms with E-state index in [4.69, 9.17) is 22.8 Å². The summed E-state index contributed by atoms with van der Waals surface area (Å²) < 4.78 is 5.82. The largest absolute Gasteiger partial charge is 0.470 e. The van der Waals surface area contributed by atoms with Crippen molar-refractivity contribution in [1.29, 1.82) is 0 Å². The normalized spacial score (nSPS) is 12.5. The molecule has 0 spiro atoms. The van der Waals surface area contributed by atoms with Gasteiger partial charge in [-0.05, 0) is 45.2 Å². The summed E-state index contributed by atoms with van der Waals surface area (Å²) in [4.78, 5) is 16.6. The fraction of sp³-hybridized carbons (Fsp3) is 0.333. The van der Waals surface area contributed by atoms with E-state index in [2.05, 4.69) is 16.2 Å². The molecule has 1 heterocycles. The van der Waals surface area contributed by atoms with E-state index in [1.165, 1.54) is 11.8 Å². The van der Waals surface area contributed by atoms with Gasteiger partial charge in [0.15, 0.2) is 0 Å². The first kappa shape index (κ1) is 18.4. The number of terminal acetylenes is 1. The number of nitrogens with one attached hydrogen (secondary N) is 1. The number of carbonyl (C=O) groups excluding carboxylic acids is 1. The Morgan fingerprint density at radius 2 is 2.17 bits per heavy atom. The first-order valence-corrected chi connectivity index (χ1v) is 8.98. The molecular weight excluding hydrogens is 344 g/mol. The highest BCUT2D eigenvalue weighted by Crippen LogP contribution is 2.29. The Kier molecular flexibility index (Phi) is 5.63. The molecule has 0 aliphatic heterocycles. The summed E-state index contributed by atoms with van der Waals surface area (Å²) in [6, 6.07) is 5.30. The summed E-state index contributed by atoms with van der Waals surface area (Å²) in [5.41, 5.74) is 0.246. The lowest BCUT2D eigenvalue weighted by atomic mass is 10.1. The van der Waals surface area contributed by atoms with Crippen molar-refractivity contribution in [1.82, 2.24) is 10.3 Å². The Labute approximate surface area is 151 Å². The molecule has 0 saturated heterocycles. The summed E-state index contributed by atoms with van der Waals surface area (Å²) in [5.74, 6) is 2.85. The Morgan fingerprint density at radius 1 is 1.46 bits per heavy atom. The smallest absolute Gasteiger partial charge is 0.272 e. The fourth-order valence-corrected chi connectivity index (χ4v) is 2.81. The molecule has 0 bridgehead atoms. The van der Waals surface area contributed by atoms with E-state index < -0.39 is 5.44 Å². The van der Waals surface area contributed by atoms with Crippen LogP contribution in [-0.2, 0) is 4.79 Å². The average molecular weight is 363 g/mol. The number of pyridine rings is 1. The zero-order chi connectivity index (χ0) is 17.9. The molecule has 4 nitrogen and oxygen atoms in total. The van der Waals surface area contributed by atoms with Crippen LogP contribution >= 0.6 is 23.4 Å². The topological polar surface area (TPSA) is 51.2 Å². The summed E-state index contributed by atoms with van der Waals surface area (Å²) in [6.45, 7) is 5.77. The SMILES string of the molecule is C#Cc1cnc2ccc(OC(SC)C(=O)NC(C)(C)C)cc2c1Cl. The molecule has 2 aromatic rings. The van der Waals surface area contributed by atoms with Crippen molar-refractivity contribution < 1.29 is 9.53 Å². The van der Waals surface area contributed by atoms with Gasteiger partial charge in [-0.25, -0.2) is 0 Å². The second-order valence-electron chi connectivity index (χ2n) is 6.23. The number of carbonyl (C=O) groups is 1. The highest BCUT2D eigenvalue weighted by Gasteiger charge is 2.24. The first-order valence-electron chi connectivity index (χ1n) is 7.31. The van der Waals surface area contributed by atoms with Crippen molar-refractivity contribution in [3.8, 4) is 18.1 Å². The molecular formula is C18H19ClN2O2S.